The van der Waals surface area contributed by atoms with Crippen LogP contribution in [0.1, 0.15) is 50.2 Å². The number of nitrogens with one attached hydrogen (secondary N) is 2. The quantitative estimate of drug-likeness (QED) is 0.762. The number of fused-ring (bicyclic) bond motifs is 1. The second-order valence-electron chi connectivity index (χ2n) is 7.10. The zero-order chi connectivity index (χ0) is 19.4. The molecule has 0 saturated heterocycles. The number of anilines is 1. The van der Waals surface area contributed by atoms with Gasteiger partial charge in [0.15, 0.2) is 0 Å². The Morgan fingerprint density at radius 2 is 1.81 bits per heavy atom. The van der Waals surface area contributed by atoms with Crippen LogP contribution in [0.3, 0.4) is 0 Å². The average Bonchev–Trinajstić information content (AvgIpc) is 2.69. The number of halogens is 1. The summed E-state index contributed by atoms with van der Waals surface area (Å²) in [6, 6.07) is 15.3. The predicted molar refractivity (Wildman–Crippen MR) is 109 cm³/mol. The zero-order valence-electron chi connectivity index (χ0n) is 15.7. The minimum absolute atomic E-state index is 0.0995. The summed E-state index contributed by atoms with van der Waals surface area (Å²) in [6.45, 7) is 4.79. The Morgan fingerprint density at radius 3 is 2.48 bits per heavy atom. The molecule has 2 aromatic rings. The maximum Gasteiger partial charge on any atom is 0.228 e. The first-order valence-corrected chi connectivity index (χ1v) is 9.79. The highest BCUT2D eigenvalue weighted by Crippen LogP contribution is 2.34. The Bertz CT molecular complexity index is 828. The van der Waals surface area contributed by atoms with Crippen molar-refractivity contribution in [2.24, 2.45) is 0 Å². The van der Waals surface area contributed by atoms with Crippen LogP contribution >= 0.6 is 11.6 Å². The van der Waals surface area contributed by atoms with Crippen LogP contribution in [0.15, 0.2) is 48.5 Å². The van der Waals surface area contributed by atoms with E-state index in [4.69, 9.17) is 11.6 Å². The van der Waals surface area contributed by atoms with Gasteiger partial charge in [0, 0.05) is 29.1 Å². The van der Waals surface area contributed by atoms with Crippen molar-refractivity contribution in [3.05, 3.63) is 64.7 Å². The van der Waals surface area contributed by atoms with Crippen LogP contribution in [0, 0.1) is 0 Å². The molecule has 5 heteroatoms. The van der Waals surface area contributed by atoms with Gasteiger partial charge in [0.25, 0.3) is 0 Å². The van der Waals surface area contributed by atoms with Crippen molar-refractivity contribution >= 4 is 29.1 Å². The summed E-state index contributed by atoms with van der Waals surface area (Å²) in [5.41, 5.74) is 2.61. The van der Waals surface area contributed by atoms with E-state index in [1.54, 1.807) is 0 Å². The highest BCUT2D eigenvalue weighted by atomic mass is 35.5. The number of rotatable bonds is 6. The van der Waals surface area contributed by atoms with Crippen LogP contribution in [-0.4, -0.2) is 18.4 Å². The molecule has 4 nitrogen and oxygen atoms in total. The van der Waals surface area contributed by atoms with Gasteiger partial charge in [-0.15, -0.1) is 0 Å². The average molecular weight is 385 g/mol. The lowest BCUT2D eigenvalue weighted by Crippen LogP contribution is -2.43. The highest BCUT2D eigenvalue weighted by molar-refractivity contribution is 6.30. The van der Waals surface area contributed by atoms with E-state index in [0.29, 0.717) is 11.6 Å². The first-order valence-electron chi connectivity index (χ1n) is 9.41. The van der Waals surface area contributed by atoms with E-state index in [1.807, 2.05) is 48.5 Å². The number of carbonyl (C=O) groups is 2. The SMILES string of the molecule is CCC(CC)(CNC(=O)C1CC(=O)Nc2ccccc21)c1ccc(Cl)cc1. The Balaban J connectivity index is 1.79. The van der Waals surface area contributed by atoms with Gasteiger partial charge in [0.2, 0.25) is 11.8 Å². The number of carbonyl (C=O) groups excluding carboxylic acids is 2. The molecular formula is C22H25ClN2O2. The molecule has 2 amide bonds. The lowest BCUT2D eigenvalue weighted by atomic mass is 9.75. The summed E-state index contributed by atoms with van der Waals surface area (Å²) in [6.07, 6.45) is 1.97. The molecule has 0 aromatic heterocycles. The zero-order valence-corrected chi connectivity index (χ0v) is 16.5. The van der Waals surface area contributed by atoms with Crippen LogP contribution in [0.25, 0.3) is 0 Å². The van der Waals surface area contributed by atoms with Crippen LogP contribution in [0.4, 0.5) is 5.69 Å². The molecule has 1 aliphatic heterocycles. The number of benzene rings is 2. The largest absolute Gasteiger partial charge is 0.355 e. The minimum atomic E-state index is -0.452. The van der Waals surface area contributed by atoms with Crippen molar-refractivity contribution in [3.8, 4) is 0 Å². The molecule has 1 heterocycles. The molecule has 1 unspecified atom stereocenters. The third-order valence-corrected chi connectivity index (χ3v) is 5.98. The smallest absolute Gasteiger partial charge is 0.228 e. The lowest BCUT2D eigenvalue weighted by Gasteiger charge is -2.34. The van der Waals surface area contributed by atoms with Crippen LogP contribution in [0.5, 0.6) is 0 Å². The molecule has 1 atom stereocenters. The molecule has 27 heavy (non-hydrogen) atoms. The van der Waals surface area contributed by atoms with Crippen LogP contribution in [0.2, 0.25) is 5.02 Å². The third-order valence-electron chi connectivity index (χ3n) is 5.73. The normalized spacial score (nSPS) is 16.4. The molecule has 142 valence electrons. The van der Waals surface area contributed by atoms with Crippen molar-refractivity contribution in [1.29, 1.82) is 0 Å². The molecule has 3 rings (SSSR count). The van der Waals surface area contributed by atoms with Crippen molar-refractivity contribution in [2.45, 2.75) is 44.4 Å². The van der Waals surface area contributed by atoms with E-state index in [2.05, 4.69) is 24.5 Å². The summed E-state index contributed by atoms with van der Waals surface area (Å²) in [4.78, 5) is 25.0. The Labute approximate surface area is 165 Å². The molecule has 0 saturated carbocycles. The van der Waals surface area contributed by atoms with Gasteiger partial charge in [-0.3, -0.25) is 9.59 Å². The minimum Gasteiger partial charge on any atom is -0.355 e. The van der Waals surface area contributed by atoms with Crippen molar-refractivity contribution in [3.63, 3.8) is 0 Å². The van der Waals surface area contributed by atoms with Gasteiger partial charge in [-0.1, -0.05) is 55.8 Å². The number of para-hydroxylation sites is 1. The molecule has 0 fully saturated rings. The fourth-order valence-electron chi connectivity index (χ4n) is 3.84. The van der Waals surface area contributed by atoms with E-state index in [1.165, 1.54) is 5.56 Å². The standard InChI is InChI=1S/C22H25ClN2O2/c1-3-22(4-2,15-9-11-16(23)12-10-15)14-24-21(27)18-13-20(26)25-19-8-6-5-7-17(18)19/h5-12,18H,3-4,13-14H2,1-2H3,(H,24,27)(H,25,26). The Morgan fingerprint density at radius 1 is 1.15 bits per heavy atom. The van der Waals surface area contributed by atoms with Gasteiger partial charge in [-0.05, 0) is 42.2 Å². The Kier molecular flexibility index (Phi) is 5.85. The Hall–Kier alpha value is -2.33. The van der Waals surface area contributed by atoms with E-state index in [-0.39, 0.29) is 23.7 Å². The summed E-state index contributed by atoms with van der Waals surface area (Å²) < 4.78 is 0. The molecule has 2 aromatic carbocycles. The van der Waals surface area contributed by atoms with Gasteiger partial charge in [-0.25, -0.2) is 0 Å². The van der Waals surface area contributed by atoms with Crippen molar-refractivity contribution in [2.75, 3.05) is 11.9 Å². The van der Waals surface area contributed by atoms with Gasteiger partial charge in [0.05, 0.1) is 5.92 Å². The van der Waals surface area contributed by atoms with E-state index in [0.717, 1.165) is 24.1 Å². The summed E-state index contributed by atoms with van der Waals surface area (Å²) in [7, 11) is 0. The van der Waals surface area contributed by atoms with Gasteiger partial charge < -0.3 is 10.6 Å². The number of amides is 2. The second-order valence-corrected chi connectivity index (χ2v) is 7.54. The van der Waals surface area contributed by atoms with Gasteiger partial charge in [0.1, 0.15) is 0 Å². The first kappa shape index (κ1) is 19.4. The summed E-state index contributed by atoms with van der Waals surface area (Å²) in [5.74, 6) is -0.673. The maximum absolute atomic E-state index is 13.0. The lowest BCUT2D eigenvalue weighted by molar-refractivity contribution is -0.126. The third kappa shape index (κ3) is 4.01. The van der Waals surface area contributed by atoms with E-state index in [9.17, 15) is 9.59 Å². The topological polar surface area (TPSA) is 58.2 Å². The van der Waals surface area contributed by atoms with Crippen LogP contribution < -0.4 is 10.6 Å². The molecule has 0 aliphatic carbocycles. The molecule has 0 bridgehead atoms. The fourth-order valence-corrected chi connectivity index (χ4v) is 3.96. The van der Waals surface area contributed by atoms with E-state index >= 15 is 0 Å². The van der Waals surface area contributed by atoms with Gasteiger partial charge >= 0.3 is 0 Å². The van der Waals surface area contributed by atoms with Crippen molar-refractivity contribution in [1.82, 2.24) is 5.32 Å². The monoisotopic (exact) mass is 384 g/mol. The number of hydrogen-bond acceptors (Lipinski definition) is 2. The summed E-state index contributed by atoms with van der Waals surface area (Å²) in [5, 5.41) is 6.66. The summed E-state index contributed by atoms with van der Waals surface area (Å²) >= 11 is 6.03. The first-order chi connectivity index (χ1) is 13.0. The molecular weight excluding hydrogens is 360 g/mol. The molecule has 0 spiro atoms. The molecule has 1 aliphatic rings. The highest BCUT2D eigenvalue weighted by Gasteiger charge is 2.33. The second kappa shape index (κ2) is 8.13. The molecule has 2 N–H and O–H groups in total. The van der Waals surface area contributed by atoms with Crippen LogP contribution in [-0.2, 0) is 15.0 Å². The van der Waals surface area contributed by atoms with Gasteiger partial charge in [-0.2, -0.15) is 0 Å². The number of hydrogen-bond donors (Lipinski definition) is 2. The fraction of sp³-hybridized carbons (Fsp3) is 0.364. The van der Waals surface area contributed by atoms with E-state index < -0.39 is 5.92 Å². The maximum atomic E-state index is 13.0. The predicted octanol–water partition coefficient (Wildman–Crippen LogP) is 4.64. The van der Waals surface area contributed by atoms with Crippen molar-refractivity contribution < 1.29 is 9.59 Å². The molecule has 0 radical (unpaired) electrons.